The Bertz CT molecular complexity index is 1740. The second-order valence-electron chi connectivity index (χ2n) is 28.0. The summed E-state index contributed by atoms with van der Waals surface area (Å²) in [5.74, 6) is -2.26. The SMILES string of the molecule is CC/C=C\C/C=C\C/C=C\C/C=C\C/C=C\C/C=C\CCCCCCCCCCCCCCC(=O)OC(COC(=O)CCCCCCCCCCCCCCCCCCCCCCCCCCCCCCCCCCCCCC)COC(OCC[N+](C)(C)C)C(=O)[O-]. The van der Waals surface area contributed by atoms with E-state index in [0.29, 0.717) is 23.9 Å². The zero-order chi connectivity index (χ0) is 66.8. The Morgan fingerprint density at radius 3 is 0.924 bits per heavy atom. The van der Waals surface area contributed by atoms with Crippen LogP contribution < -0.4 is 5.11 Å². The van der Waals surface area contributed by atoms with E-state index in [1.807, 2.05) is 21.1 Å². The molecule has 0 aromatic rings. The van der Waals surface area contributed by atoms with Gasteiger partial charge in [-0.1, -0.05) is 376 Å². The van der Waals surface area contributed by atoms with Gasteiger partial charge < -0.3 is 33.3 Å². The molecule has 2 atom stereocenters. The average Bonchev–Trinajstić information content (AvgIpc) is 3.70. The Hall–Kier alpha value is -3.27. The number of carboxylic acids is 1. The molecule has 0 amide bonds. The number of allylic oxidation sites excluding steroid dienone is 12. The molecule has 0 radical (unpaired) electrons. The molecule has 0 N–H and O–H groups in total. The maximum Gasteiger partial charge on any atom is 0.306 e. The Morgan fingerprint density at radius 1 is 0.337 bits per heavy atom. The Morgan fingerprint density at radius 2 is 0.620 bits per heavy atom. The molecule has 0 heterocycles. The van der Waals surface area contributed by atoms with Gasteiger partial charge in [-0.15, -0.1) is 0 Å². The number of unbranched alkanes of at least 4 members (excludes halogenated alkanes) is 47. The van der Waals surface area contributed by atoms with Gasteiger partial charge in [0.15, 0.2) is 12.4 Å². The molecule has 9 nitrogen and oxygen atoms in total. The van der Waals surface area contributed by atoms with E-state index in [0.717, 1.165) is 77.0 Å². The summed E-state index contributed by atoms with van der Waals surface area (Å²) in [6.45, 7) is 4.69. The zero-order valence-electron chi connectivity index (χ0n) is 61.4. The Kier molecular flexibility index (Phi) is 70.9. The number of hydrogen-bond donors (Lipinski definition) is 0. The van der Waals surface area contributed by atoms with Crippen molar-refractivity contribution in [3.8, 4) is 0 Å². The van der Waals surface area contributed by atoms with E-state index in [9.17, 15) is 19.5 Å². The van der Waals surface area contributed by atoms with E-state index < -0.39 is 24.3 Å². The van der Waals surface area contributed by atoms with Crippen LogP contribution in [-0.2, 0) is 33.3 Å². The number of hydrogen-bond acceptors (Lipinski definition) is 8. The topological polar surface area (TPSA) is 111 Å². The minimum atomic E-state index is -1.62. The average molecular weight is 1290 g/mol. The molecule has 0 rings (SSSR count). The summed E-state index contributed by atoms with van der Waals surface area (Å²) in [4.78, 5) is 37.6. The van der Waals surface area contributed by atoms with E-state index in [4.69, 9.17) is 18.9 Å². The molecular weight excluding hydrogens is 1140 g/mol. The molecule has 9 heteroatoms. The summed E-state index contributed by atoms with van der Waals surface area (Å²) in [5, 5.41) is 11.9. The molecule has 0 aliphatic rings. The highest BCUT2D eigenvalue weighted by Gasteiger charge is 2.22. The lowest BCUT2D eigenvalue weighted by atomic mass is 10.0. The van der Waals surface area contributed by atoms with Crippen molar-refractivity contribution in [1.82, 2.24) is 0 Å². The molecule has 0 bridgehead atoms. The van der Waals surface area contributed by atoms with Gasteiger partial charge in [-0.2, -0.15) is 0 Å². The molecule has 0 aliphatic carbocycles. The number of carbonyl (C=O) groups is 3. The number of carbonyl (C=O) groups excluding carboxylic acids is 3. The molecule has 0 spiro atoms. The predicted molar refractivity (Wildman–Crippen MR) is 394 cm³/mol. The van der Waals surface area contributed by atoms with Gasteiger partial charge in [0.25, 0.3) is 0 Å². The minimum Gasteiger partial charge on any atom is -0.545 e. The van der Waals surface area contributed by atoms with Crippen LogP contribution in [0.15, 0.2) is 72.9 Å². The van der Waals surface area contributed by atoms with Gasteiger partial charge in [-0.05, 0) is 64.2 Å². The van der Waals surface area contributed by atoms with Crippen LogP contribution in [0.25, 0.3) is 0 Å². The first-order valence-electron chi connectivity index (χ1n) is 39.6. The van der Waals surface area contributed by atoms with E-state index in [-0.39, 0.29) is 32.2 Å². The van der Waals surface area contributed by atoms with Crippen LogP contribution in [0.1, 0.15) is 380 Å². The molecule has 0 aliphatic heterocycles. The number of rotatable bonds is 74. The monoisotopic (exact) mass is 1290 g/mol. The fourth-order valence-electron chi connectivity index (χ4n) is 11.7. The van der Waals surface area contributed by atoms with E-state index in [2.05, 4.69) is 86.8 Å². The van der Waals surface area contributed by atoms with Crippen molar-refractivity contribution in [3.63, 3.8) is 0 Å². The van der Waals surface area contributed by atoms with Gasteiger partial charge in [-0.3, -0.25) is 9.59 Å². The summed E-state index contributed by atoms with van der Waals surface area (Å²) in [6.07, 6.45) is 96.0. The van der Waals surface area contributed by atoms with E-state index in [1.54, 1.807) is 0 Å². The summed E-state index contributed by atoms with van der Waals surface area (Å²) in [6, 6.07) is 0. The van der Waals surface area contributed by atoms with Crippen molar-refractivity contribution in [1.29, 1.82) is 0 Å². The highest BCUT2D eigenvalue weighted by Crippen LogP contribution is 2.20. The van der Waals surface area contributed by atoms with Crippen LogP contribution >= 0.6 is 0 Å². The molecule has 2 unspecified atom stereocenters. The molecule has 0 saturated heterocycles. The molecule has 0 aromatic carbocycles. The van der Waals surface area contributed by atoms with Crippen LogP contribution in [0.2, 0.25) is 0 Å². The number of aliphatic carboxylic acids is 1. The maximum absolute atomic E-state index is 13.0. The minimum absolute atomic E-state index is 0.147. The van der Waals surface area contributed by atoms with Crippen molar-refractivity contribution in [2.24, 2.45) is 0 Å². The van der Waals surface area contributed by atoms with Gasteiger partial charge in [0.1, 0.15) is 13.2 Å². The van der Waals surface area contributed by atoms with Gasteiger partial charge >= 0.3 is 11.9 Å². The summed E-state index contributed by atoms with van der Waals surface area (Å²) >= 11 is 0. The van der Waals surface area contributed by atoms with Crippen LogP contribution in [0.4, 0.5) is 0 Å². The zero-order valence-corrected chi connectivity index (χ0v) is 61.4. The smallest absolute Gasteiger partial charge is 0.306 e. The number of carboxylic acid groups (broad SMARTS) is 1. The van der Waals surface area contributed by atoms with E-state index in [1.165, 1.54) is 270 Å². The summed E-state index contributed by atoms with van der Waals surface area (Å²) < 4.78 is 22.9. The first-order valence-corrected chi connectivity index (χ1v) is 39.6. The van der Waals surface area contributed by atoms with Gasteiger partial charge in [-0.25, -0.2) is 0 Å². The number of quaternary nitrogens is 1. The quantitative estimate of drug-likeness (QED) is 0.0195. The van der Waals surface area contributed by atoms with Gasteiger partial charge in [0.2, 0.25) is 0 Å². The lowest BCUT2D eigenvalue weighted by molar-refractivity contribution is -0.870. The van der Waals surface area contributed by atoms with E-state index >= 15 is 0 Å². The standard InChI is InChI=1S/C83H151NO8/c1-6-8-10-12-14-16-18-20-22-24-26-28-30-32-34-36-38-39-40-41-42-44-45-47-49-51-53-55-57-59-61-63-65-67-69-71-73-80(85)90-77-79(78-91-83(82(87)88)89-76-75-84(3,4)5)92-81(86)74-72-70-68-66-64-62-60-58-56-54-52-50-48-46-43-37-35-33-31-29-27-25-23-21-19-17-15-13-11-9-7-2/h9,11,15,17,21,23,27,29,33,35,43,46,79,83H,6-8,10,12-14,16,18-20,22,24-26,28,30-32,34,36-42,44-45,47-78H2,1-5H3/b11-9-,17-15-,23-21-,29-27-,35-33-,46-43-. The largest absolute Gasteiger partial charge is 0.545 e. The fraction of sp³-hybridized carbons (Fsp3) is 0.819. The van der Waals surface area contributed by atoms with Crippen molar-refractivity contribution < 1.29 is 42.9 Å². The second-order valence-corrected chi connectivity index (χ2v) is 28.0. The first kappa shape index (κ1) is 88.7. The summed E-state index contributed by atoms with van der Waals surface area (Å²) in [5.41, 5.74) is 0. The normalized spacial score (nSPS) is 13.0. The molecule has 0 saturated carbocycles. The lowest BCUT2D eigenvalue weighted by Crippen LogP contribution is -2.44. The Balaban J connectivity index is 4.00. The van der Waals surface area contributed by atoms with Crippen molar-refractivity contribution in [2.75, 3.05) is 47.5 Å². The number of esters is 2. The van der Waals surface area contributed by atoms with Crippen LogP contribution in [0.5, 0.6) is 0 Å². The molecule has 92 heavy (non-hydrogen) atoms. The van der Waals surface area contributed by atoms with Crippen LogP contribution in [0.3, 0.4) is 0 Å². The van der Waals surface area contributed by atoms with Crippen LogP contribution in [0, 0.1) is 0 Å². The maximum atomic E-state index is 13.0. The van der Waals surface area contributed by atoms with Crippen molar-refractivity contribution in [2.45, 2.75) is 392 Å². The third-order valence-corrected chi connectivity index (χ3v) is 17.7. The molecule has 0 aromatic heterocycles. The highest BCUT2D eigenvalue weighted by atomic mass is 16.7. The Labute approximate surface area is 570 Å². The summed E-state index contributed by atoms with van der Waals surface area (Å²) in [7, 11) is 5.94. The highest BCUT2D eigenvalue weighted by molar-refractivity contribution is 5.70. The third-order valence-electron chi connectivity index (χ3n) is 17.7. The van der Waals surface area contributed by atoms with Gasteiger partial charge in [0.05, 0.1) is 40.3 Å². The second kappa shape index (κ2) is 73.5. The lowest BCUT2D eigenvalue weighted by Gasteiger charge is -2.26. The molecule has 0 fully saturated rings. The third kappa shape index (κ3) is 74.1. The number of likely N-dealkylation sites (N-methyl/N-ethyl adjacent to an activating group) is 1. The van der Waals surface area contributed by atoms with Crippen molar-refractivity contribution >= 4 is 17.9 Å². The molecular formula is C83H151NO8. The fourth-order valence-corrected chi connectivity index (χ4v) is 11.7. The number of ether oxygens (including phenoxy) is 4. The first-order chi connectivity index (χ1) is 45.1. The van der Waals surface area contributed by atoms with Crippen LogP contribution in [-0.4, -0.2) is 82.3 Å². The predicted octanol–water partition coefficient (Wildman–Crippen LogP) is 23.9. The van der Waals surface area contributed by atoms with Gasteiger partial charge in [0, 0.05) is 12.8 Å². The van der Waals surface area contributed by atoms with Crippen molar-refractivity contribution in [3.05, 3.63) is 72.9 Å². The molecule has 536 valence electrons. The number of nitrogens with zero attached hydrogens (tertiary/aromatic N) is 1.